The summed E-state index contributed by atoms with van der Waals surface area (Å²) in [6, 6.07) is 24.7. The highest BCUT2D eigenvalue weighted by molar-refractivity contribution is 7.92. The molecule has 0 fully saturated rings. The lowest BCUT2D eigenvalue weighted by Crippen LogP contribution is -2.50. The second-order valence-corrected chi connectivity index (χ2v) is 10.6. The fourth-order valence-corrected chi connectivity index (χ4v) is 5.75. The molecule has 1 aliphatic rings. The van der Waals surface area contributed by atoms with E-state index in [0.717, 1.165) is 16.3 Å². The minimum Gasteiger partial charge on any atom is -0.497 e. The van der Waals surface area contributed by atoms with Gasteiger partial charge in [-0.1, -0.05) is 48.0 Å². The number of halogens is 1. The number of rotatable bonds is 6. The van der Waals surface area contributed by atoms with E-state index in [4.69, 9.17) is 21.1 Å². The van der Waals surface area contributed by atoms with Crippen LogP contribution in [0.3, 0.4) is 0 Å². The minimum atomic E-state index is -4.02. The molecule has 0 aliphatic carbocycles. The lowest BCUT2D eigenvalue weighted by molar-refractivity contribution is -0.127. The second kappa shape index (κ2) is 9.72. The molecule has 36 heavy (non-hydrogen) atoms. The quantitative estimate of drug-likeness (QED) is 0.394. The Morgan fingerprint density at radius 1 is 1.03 bits per heavy atom. The largest absolute Gasteiger partial charge is 0.497 e. The molecule has 0 bridgehead atoms. The number of nitrogens with one attached hydrogen (secondary N) is 1. The topological polar surface area (TPSA) is 84.9 Å². The highest BCUT2D eigenvalue weighted by atomic mass is 35.5. The number of nitrogens with zero attached hydrogens (tertiary/aromatic N) is 1. The van der Waals surface area contributed by atoms with Gasteiger partial charge in [-0.25, -0.2) is 8.42 Å². The summed E-state index contributed by atoms with van der Waals surface area (Å²) in [7, 11) is -2.51. The van der Waals surface area contributed by atoms with Crippen molar-refractivity contribution < 1.29 is 22.7 Å². The molecule has 7 nitrogen and oxygen atoms in total. The second-order valence-electron chi connectivity index (χ2n) is 8.33. The number of anilines is 1. The molecule has 184 valence electrons. The van der Waals surface area contributed by atoms with E-state index in [0.29, 0.717) is 10.8 Å². The predicted molar refractivity (Wildman–Crippen MR) is 139 cm³/mol. The van der Waals surface area contributed by atoms with Crippen LogP contribution >= 0.6 is 11.6 Å². The molecule has 1 atom stereocenters. The number of hydrogen-bond donors (Lipinski definition) is 1. The van der Waals surface area contributed by atoms with Crippen molar-refractivity contribution in [2.45, 2.75) is 17.5 Å². The Balaban J connectivity index is 1.40. The molecule has 1 heterocycles. The Labute approximate surface area is 214 Å². The SMILES string of the molecule is COc1ccc(S(=O)(=O)N2C[C@@H](C(=O)NCc3ccc4ccccc4c3)Oc3ccc(Cl)cc32)cc1. The van der Waals surface area contributed by atoms with Crippen LogP contribution in [0.4, 0.5) is 5.69 Å². The highest BCUT2D eigenvalue weighted by Crippen LogP contribution is 2.39. The number of amides is 1. The van der Waals surface area contributed by atoms with Crippen molar-refractivity contribution in [1.82, 2.24) is 5.32 Å². The third-order valence-electron chi connectivity index (χ3n) is 6.01. The van der Waals surface area contributed by atoms with E-state index in [1.165, 1.54) is 29.6 Å². The van der Waals surface area contributed by atoms with Crippen LogP contribution in [0, 0.1) is 0 Å². The summed E-state index contributed by atoms with van der Waals surface area (Å²) in [6.45, 7) is 0.0769. The van der Waals surface area contributed by atoms with Gasteiger partial charge in [-0.05, 0) is 64.9 Å². The lowest BCUT2D eigenvalue weighted by atomic mass is 10.1. The van der Waals surface area contributed by atoms with Crippen molar-refractivity contribution in [3.05, 3.63) is 95.5 Å². The summed E-state index contributed by atoms with van der Waals surface area (Å²) in [6.07, 6.45) is -1.05. The molecule has 4 aromatic rings. The van der Waals surface area contributed by atoms with Crippen LogP contribution in [0.5, 0.6) is 11.5 Å². The molecule has 1 N–H and O–H groups in total. The number of carbonyl (C=O) groups is 1. The van der Waals surface area contributed by atoms with Crippen molar-refractivity contribution in [2.24, 2.45) is 0 Å². The monoisotopic (exact) mass is 522 g/mol. The van der Waals surface area contributed by atoms with E-state index >= 15 is 0 Å². The molecule has 4 aromatic carbocycles. The van der Waals surface area contributed by atoms with Crippen LogP contribution in [0.1, 0.15) is 5.56 Å². The summed E-state index contributed by atoms with van der Waals surface area (Å²) in [5.74, 6) is 0.373. The zero-order chi connectivity index (χ0) is 25.3. The van der Waals surface area contributed by atoms with Gasteiger partial charge >= 0.3 is 0 Å². The lowest BCUT2D eigenvalue weighted by Gasteiger charge is -2.35. The molecule has 0 radical (unpaired) electrons. The first-order valence-corrected chi connectivity index (χ1v) is 13.1. The number of methoxy groups -OCH3 is 1. The minimum absolute atomic E-state index is 0.0615. The highest BCUT2D eigenvalue weighted by Gasteiger charge is 2.37. The third kappa shape index (κ3) is 4.69. The molecule has 1 aliphatic heterocycles. The van der Waals surface area contributed by atoms with Crippen LogP contribution in [0.15, 0.2) is 89.8 Å². The van der Waals surface area contributed by atoms with Crippen LogP contribution < -0.4 is 19.1 Å². The summed E-state index contributed by atoms with van der Waals surface area (Å²) >= 11 is 6.16. The smallest absolute Gasteiger partial charge is 0.264 e. The van der Waals surface area contributed by atoms with Crippen LogP contribution in [0.2, 0.25) is 5.02 Å². The average molecular weight is 523 g/mol. The Kier molecular flexibility index (Phi) is 6.47. The van der Waals surface area contributed by atoms with Gasteiger partial charge in [-0.15, -0.1) is 0 Å². The van der Waals surface area contributed by atoms with E-state index in [-0.39, 0.29) is 29.4 Å². The fourth-order valence-electron chi connectivity index (χ4n) is 4.12. The van der Waals surface area contributed by atoms with Gasteiger partial charge in [0.2, 0.25) is 0 Å². The molecule has 0 unspecified atom stereocenters. The van der Waals surface area contributed by atoms with Gasteiger partial charge in [0.1, 0.15) is 11.5 Å². The van der Waals surface area contributed by atoms with Crippen LogP contribution in [-0.4, -0.2) is 34.1 Å². The van der Waals surface area contributed by atoms with Gasteiger partial charge in [0.25, 0.3) is 15.9 Å². The maximum absolute atomic E-state index is 13.6. The van der Waals surface area contributed by atoms with Crippen LogP contribution in [0.25, 0.3) is 10.8 Å². The number of fused-ring (bicyclic) bond motifs is 2. The van der Waals surface area contributed by atoms with E-state index in [2.05, 4.69) is 5.32 Å². The van der Waals surface area contributed by atoms with E-state index in [9.17, 15) is 13.2 Å². The van der Waals surface area contributed by atoms with E-state index in [1.54, 1.807) is 24.3 Å². The van der Waals surface area contributed by atoms with Gasteiger partial charge in [0, 0.05) is 11.6 Å². The van der Waals surface area contributed by atoms with Crippen molar-refractivity contribution in [2.75, 3.05) is 18.0 Å². The van der Waals surface area contributed by atoms with Crippen molar-refractivity contribution in [3.8, 4) is 11.5 Å². The molecular weight excluding hydrogens is 500 g/mol. The number of sulfonamides is 1. The Morgan fingerprint density at radius 3 is 2.53 bits per heavy atom. The van der Waals surface area contributed by atoms with Crippen molar-refractivity contribution in [1.29, 1.82) is 0 Å². The summed E-state index contributed by atoms with van der Waals surface area (Å²) in [5, 5.41) is 5.41. The number of carbonyl (C=O) groups excluding carboxylic acids is 1. The molecule has 5 rings (SSSR count). The molecule has 9 heteroatoms. The van der Waals surface area contributed by atoms with Gasteiger partial charge in [0.15, 0.2) is 6.10 Å². The van der Waals surface area contributed by atoms with Gasteiger partial charge < -0.3 is 14.8 Å². The maximum atomic E-state index is 13.6. The predicted octanol–water partition coefficient (Wildman–Crippen LogP) is 4.77. The standard InChI is InChI=1S/C27H23ClN2O5S/c1-34-22-9-11-23(12-10-22)36(32,33)30-17-26(35-25-13-8-21(28)15-24(25)30)27(31)29-16-18-6-7-19-4-2-3-5-20(19)14-18/h2-15,26H,16-17H2,1H3,(H,29,31)/t26-/m0/s1. The first-order valence-electron chi connectivity index (χ1n) is 11.2. The number of hydrogen-bond acceptors (Lipinski definition) is 5. The van der Waals surface area contributed by atoms with Crippen molar-refractivity contribution >= 4 is 44.0 Å². The molecular formula is C27H23ClN2O5S. The zero-order valence-electron chi connectivity index (χ0n) is 19.3. The Hall–Kier alpha value is -3.75. The Bertz CT molecular complexity index is 1540. The molecule has 0 saturated carbocycles. The molecule has 0 spiro atoms. The van der Waals surface area contributed by atoms with Gasteiger partial charge in [-0.3, -0.25) is 9.10 Å². The summed E-state index contributed by atoms with van der Waals surface area (Å²) < 4.78 is 39.4. The first-order chi connectivity index (χ1) is 17.3. The molecule has 1 amide bonds. The number of benzene rings is 4. The third-order valence-corrected chi connectivity index (χ3v) is 8.04. The average Bonchev–Trinajstić information content (AvgIpc) is 2.91. The zero-order valence-corrected chi connectivity index (χ0v) is 20.9. The van der Waals surface area contributed by atoms with Crippen LogP contribution in [-0.2, 0) is 21.4 Å². The van der Waals surface area contributed by atoms with Gasteiger partial charge in [0.05, 0.1) is 24.2 Å². The number of ether oxygens (including phenoxy) is 2. The first kappa shape index (κ1) is 24.0. The molecule has 0 aromatic heterocycles. The Morgan fingerprint density at radius 2 is 1.78 bits per heavy atom. The van der Waals surface area contributed by atoms with Gasteiger partial charge in [-0.2, -0.15) is 0 Å². The normalized spacial score (nSPS) is 15.2. The summed E-state index contributed by atoms with van der Waals surface area (Å²) in [5.41, 5.74) is 1.20. The maximum Gasteiger partial charge on any atom is 0.264 e. The molecule has 0 saturated heterocycles. The van der Waals surface area contributed by atoms with E-state index < -0.39 is 22.0 Å². The van der Waals surface area contributed by atoms with Crippen molar-refractivity contribution in [3.63, 3.8) is 0 Å². The fraction of sp³-hybridized carbons (Fsp3) is 0.148. The van der Waals surface area contributed by atoms with E-state index in [1.807, 2.05) is 42.5 Å². The summed E-state index contributed by atoms with van der Waals surface area (Å²) in [4.78, 5) is 13.2.